The van der Waals surface area contributed by atoms with Crippen molar-refractivity contribution in [3.63, 3.8) is 0 Å². The first kappa shape index (κ1) is 18.4. The van der Waals surface area contributed by atoms with Gasteiger partial charge in [0, 0.05) is 38.5 Å². The summed E-state index contributed by atoms with van der Waals surface area (Å²) < 4.78 is 11.2. The van der Waals surface area contributed by atoms with Gasteiger partial charge in [-0.05, 0) is 49.9 Å². The van der Waals surface area contributed by atoms with Gasteiger partial charge in [-0.3, -0.25) is 14.4 Å². The predicted octanol–water partition coefficient (Wildman–Crippen LogP) is 3.29. The number of carbonyl (C=O) groups is 3. The van der Waals surface area contributed by atoms with Crippen LogP contribution in [0.4, 0.5) is 0 Å². The summed E-state index contributed by atoms with van der Waals surface area (Å²) in [6.07, 6.45) is 4.65. The summed E-state index contributed by atoms with van der Waals surface area (Å²) in [6, 6.07) is 0. The van der Waals surface area contributed by atoms with Crippen molar-refractivity contribution in [1.82, 2.24) is 0 Å². The van der Waals surface area contributed by atoms with Crippen LogP contribution < -0.4 is 0 Å². The molecule has 5 heteroatoms. The average molecular weight is 350 g/mol. The second-order valence-corrected chi connectivity index (χ2v) is 8.57. The Hall–Kier alpha value is -1.39. The molecule has 140 valence electrons. The van der Waals surface area contributed by atoms with Gasteiger partial charge in [0.1, 0.15) is 18.0 Å². The van der Waals surface area contributed by atoms with Crippen molar-refractivity contribution in [2.45, 2.75) is 78.4 Å². The van der Waals surface area contributed by atoms with E-state index < -0.39 is 0 Å². The van der Waals surface area contributed by atoms with Gasteiger partial charge in [0.2, 0.25) is 0 Å². The molecule has 5 nitrogen and oxygen atoms in total. The molecule has 3 saturated carbocycles. The van der Waals surface area contributed by atoms with E-state index in [4.69, 9.17) is 9.47 Å². The van der Waals surface area contributed by atoms with Gasteiger partial charge < -0.3 is 9.47 Å². The van der Waals surface area contributed by atoms with Crippen LogP contribution in [-0.2, 0) is 23.9 Å². The van der Waals surface area contributed by atoms with E-state index in [0.717, 1.165) is 25.7 Å². The summed E-state index contributed by atoms with van der Waals surface area (Å²) in [7, 11) is 0. The Morgan fingerprint density at radius 1 is 1.12 bits per heavy atom. The lowest BCUT2D eigenvalue weighted by atomic mass is 9.53. The Kier molecular flexibility index (Phi) is 4.95. The Morgan fingerprint density at radius 3 is 2.48 bits per heavy atom. The van der Waals surface area contributed by atoms with Crippen molar-refractivity contribution >= 4 is 17.7 Å². The standard InChI is InChI=1S/C20H30O5/c1-11(24-12(2)21)17-7-8-18-15-6-5-14(23)9-16(15)19(25-13(3)22)10-20(17,18)4/h11,15-19H,5-10H2,1-4H3/t11?,15-,16+,17-,18+,19+,20-/m1/s1. The Morgan fingerprint density at radius 2 is 1.84 bits per heavy atom. The van der Waals surface area contributed by atoms with Crippen LogP contribution in [0.5, 0.6) is 0 Å². The molecule has 0 aromatic heterocycles. The molecule has 3 aliphatic carbocycles. The summed E-state index contributed by atoms with van der Waals surface area (Å²) >= 11 is 0. The fraction of sp³-hybridized carbons (Fsp3) is 0.850. The van der Waals surface area contributed by atoms with Crippen LogP contribution in [0.25, 0.3) is 0 Å². The zero-order valence-corrected chi connectivity index (χ0v) is 15.7. The van der Waals surface area contributed by atoms with E-state index in [1.54, 1.807) is 0 Å². The first-order chi connectivity index (χ1) is 11.7. The predicted molar refractivity (Wildman–Crippen MR) is 91.6 cm³/mol. The van der Waals surface area contributed by atoms with Gasteiger partial charge in [0.05, 0.1) is 0 Å². The van der Waals surface area contributed by atoms with E-state index in [1.165, 1.54) is 13.8 Å². The molecule has 0 saturated heterocycles. The van der Waals surface area contributed by atoms with Crippen molar-refractivity contribution in [3.05, 3.63) is 0 Å². The molecule has 3 rings (SSSR count). The molecule has 0 amide bonds. The number of rotatable bonds is 3. The second kappa shape index (κ2) is 6.73. The number of fused-ring (bicyclic) bond motifs is 3. The maximum Gasteiger partial charge on any atom is 0.302 e. The number of hydrogen-bond donors (Lipinski definition) is 0. The topological polar surface area (TPSA) is 69.7 Å². The molecule has 0 aromatic rings. The number of Topliss-reactive ketones (excluding diaryl/α,β-unsaturated/α-hetero) is 1. The van der Waals surface area contributed by atoms with E-state index >= 15 is 0 Å². The van der Waals surface area contributed by atoms with Crippen LogP contribution in [0.1, 0.15) is 66.2 Å². The van der Waals surface area contributed by atoms with Gasteiger partial charge in [-0.15, -0.1) is 0 Å². The van der Waals surface area contributed by atoms with Gasteiger partial charge in [-0.1, -0.05) is 6.92 Å². The van der Waals surface area contributed by atoms with Crippen molar-refractivity contribution in [2.24, 2.45) is 29.1 Å². The van der Waals surface area contributed by atoms with E-state index in [1.807, 2.05) is 6.92 Å². The zero-order valence-electron chi connectivity index (χ0n) is 15.7. The summed E-state index contributed by atoms with van der Waals surface area (Å²) in [6.45, 7) is 7.16. The van der Waals surface area contributed by atoms with Gasteiger partial charge in [-0.2, -0.15) is 0 Å². The molecule has 0 radical (unpaired) electrons. The normalized spacial score (nSPS) is 41.4. The molecule has 25 heavy (non-hydrogen) atoms. The zero-order chi connectivity index (χ0) is 18.4. The molecule has 0 N–H and O–H groups in total. The Labute approximate surface area is 149 Å². The number of ether oxygens (including phenoxy) is 2. The van der Waals surface area contributed by atoms with Crippen molar-refractivity contribution < 1.29 is 23.9 Å². The molecular weight excluding hydrogens is 320 g/mol. The molecule has 0 aromatic carbocycles. The number of carbonyl (C=O) groups excluding carboxylic acids is 3. The number of esters is 2. The fourth-order valence-corrected chi connectivity index (χ4v) is 6.31. The highest BCUT2D eigenvalue weighted by molar-refractivity contribution is 5.79. The van der Waals surface area contributed by atoms with Gasteiger partial charge in [0.15, 0.2) is 0 Å². The second-order valence-electron chi connectivity index (χ2n) is 8.57. The highest BCUT2D eigenvalue weighted by atomic mass is 16.5. The minimum absolute atomic E-state index is 0.0173. The van der Waals surface area contributed by atoms with E-state index in [0.29, 0.717) is 30.5 Å². The maximum absolute atomic E-state index is 12.0. The Balaban J connectivity index is 1.88. The summed E-state index contributed by atoms with van der Waals surface area (Å²) in [5.74, 6) is 1.16. The van der Waals surface area contributed by atoms with Gasteiger partial charge in [0.25, 0.3) is 0 Å². The lowest BCUT2D eigenvalue weighted by Crippen LogP contribution is -2.53. The van der Waals surface area contributed by atoms with E-state index in [2.05, 4.69) is 6.92 Å². The Bertz CT molecular complexity index is 570. The molecule has 1 unspecified atom stereocenters. The fourth-order valence-electron chi connectivity index (χ4n) is 6.31. The molecule has 3 fully saturated rings. The highest BCUT2D eigenvalue weighted by Gasteiger charge is 2.59. The lowest BCUT2D eigenvalue weighted by molar-refractivity contribution is -0.171. The van der Waals surface area contributed by atoms with E-state index in [-0.39, 0.29) is 41.4 Å². The average Bonchev–Trinajstić information content (AvgIpc) is 2.83. The SMILES string of the molecule is CC(=O)OC(C)[C@H]1CC[C@H]2[C@@H]3CCC(=O)C[C@@H]3[C@@H](OC(C)=O)C[C@]12C. The molecule has 0 bridgehead atoms. The maximum atomic E-state index is 12.0. The van der Waals surface area contributed by atoms with E-state index in [9.17, 15) is 14.4 Å². The van der Waals surface area contributed by atoms with Crippen LogP contribution in [0, 0.1) is 29.1 Å². The molecule has 0 heterocycles. The molecule has 7 atom stereocenters. The lowest BCUT2D eigenvalue weighted by Gasteiger charge is -2.53. The molecule has 0 spiro atoms. The third-order valence-electron chi connectivity index (χ3n) is 7.12. The third-order valence-corrected chi connectivity index (χ3v) is 7.12. The molecule has 3 aliphatic rings. The van der Waals surface area contributed by atoms with Gasteiger partial charge >= 0.3 is 11.9 Å². The molecule has 0 aliphatic heterocycles. The smallest absolute Gasteiger partial charge is 0.302 e. The van der Waals surface area contributed by atoms with Crippen molar-refractivity contribution in [1.29, 1.82) is 0 Å². The van der Waals surface area contributed by atoms with Gasteiger partial charge in [-0.25, -0.2) is 0 Å². The summed E-state index contributed by atoms with van der Waals surface area (Å²) in [4.78, 5) is 35.1. The minimum Gasteiger partial charge on any atom is -0.463 e. The van der Waals surface area contributed by atoms with Crippen LogP contribution in [0.15, 0.2) is 0 Å². The third kappa shape index (κ3) is 3.34. The van der Waals surface area contributed by atoms with Crippen molar-refractivity contribution in [3.8, 4) is 0 Å². The first-order valence-corrected chi connectivity index (χ1v) is 9.58. The van der Waals surface area contributed by atoms with Crippen LogP contribution in [0.3, 0.4) is 0 Å². The monoisotopic (exact) mass is 350 g/mol. The summed E-state index contributed by atoms with van der Waals surface area (Å²) in [5.41, 5.74) is -0.0173. The highest BCUT2D eigenvalue weighted by Crippen LogP contribution is 2.62. The van der Waals surface area contributed by atoms with Crippen LogP contribution >= 0.6 is 0 Å². The largest absolute Gasteiger partial charge is 0.463 e. The first-order valence-electron chi connectivity index (χ1n) is 9.58. The quantitative estimate of drug-likeness (QED) is 0.731. The number of hydrogen-bond acceptors (Lipinski definition) is 5. The van der Waals surface area contributed by atoms with Crippen LogP contribution in [-0.4, -0.2) is 29.9 Å². The summed E-state index contributed by atoms with van der Waals surface area (Å²) in [5, 5.41) is 0. The van der Waals surface area contributed by atoms with Crippen LogP contribution in [0.2, 0.25) is 0 Å². The van der Waals surface area contributed by atoms with Crippen molar-refractivity contribution in [2.75, 3.05) is 0 Å². The number of ketones is 1. The molecular formula is C20H30O5. The minimum atomic E-state index is -0.272.